The van der Waals surface area contributed by atoms with E-state index in [2.05, 4.69) is 10.2 Å². The number of esters is 1. The summed E-state index contributed by atoms with van der Waals surface area (Å²) in [6.45, 7) is 4.60. The zero-order valence-corrected chi connectivity index (χ0v) is 12.4. The van der Waals surface area contributed by atoms with Crippen LogP contribution < -0.4 is 0 Å². The largest absolute Gasteiger partial charge is 0.468 e. The Morgan fingerprint density at radius 1 is 1.29 bits per heavy atom. The summed E-state index contributed by atoms with van der Waals surface area (Å²) in [7, 11) is 1.38. The number of carbonyl (C=O) groups is 1. The Morgan fingerprint density at radius 3 is 2.62 bits per heavy atom. The topological polar surface area (TPSA) is 68.5 Å². The lowest BCUT2D eigenvalue weighted by molar-refractivity contribution is -0.142. The molecule has 6 heteroatoms. The fourth-order valence-corrected chi connectivity index (χ4v) is 1.84. The van der Waals surface area contributed by atoms with Gasteiger partial charge in [-0.3, -0.25) is 9.69 Å². The molecule has 0 aliphatic carbocycles. The Kier molecular flexibility index (Phi) is 5.05. The molecule has 0 aliphatic rings. The van der Waals surface area contributed by atoms with Crippen molar-refractivity contribution in [2.45, 2.75) is 26.4 Å². The number of rotatable bonds is 6. The number of nitrogens with zero attached hydrogens (tertiary/aromatic N) is 3. The predicted octanol–water partition coefficient (Wildman–Crippen LogP) is 2.12. The van der Waals surface area contributed by atoms with Gasteiger partial charge in [0.25, 0.3) is 0 Å². The number of hydrogen-bond acceptors (Lipinski definition) is 6. The molecule has 2 aromatic rings. The van der Waals surface area contributed by atoms with Crippen LogP contribution in [0.4, 0.5) is 0 Å². The molecule has 21 heavy (non-hydrogen) atoms. The van der Waals surface area contributed by atoms with Crippen molar-refractivity contribution in [3.8, 4) is 11.5 Å². The van der Waals surface area contributed by atoms with Crippen molar-refractivity contribution in [1.29, 1.82) is 0 Å². The molecule has 1 aromatic carbocycles. The van der Waals surface area contributed by atoms with E-state index in [4.69, 9.17) is 9.15 Å². The van der Waals surface area contributed by atoms with Crippen LogP contribution in [0.5, 0.6) is 0 Å². The van der Waals surface area contributed by atoms with E-state index in [0.717, 1.165) is 5.56 Å². The molecule has 0 radical (unpaired) electrons. The summed E-state index contributed by atoms with van der Waals surface area (Å²) in [5, 5.41) is 8.08. The van der Waals surface area contributed by atoms with Gasteiger partial charge in [0, 0.05) is 11.6 Å². The van der Waals surface area contributed by atoms with Gasteiger partial charge in [0.15, 0.2) is 0 Å². The summed E-state index contributed by atoms with van der Waals surface area (Å²) >= 11 is 0. The highest BCUT2D eigenvalue weighted by Gasteiger charge is 2.18. The van der Waals surface area contributed by atoms with Crippen LogP contribution in [-0.2, 0) is 16.1 Å². The van der Waals surface area contributed by atoms with Gasteiger partial charge in [-0.25, -0.2) is 0 Å². The number of benzene rings is 1. The lowest BCUT2D eigenvalue weighted by Gasteiger charge is -2.23. The molecule has 112 valence electrons. The summed E-state index contributed by atoms with van der Waals surface area (Å²) in [5.74, 6) is 0.672. The normalized spacial score (nSPS) is 11.1. The second-order valence-corrected chi connectivity index (χ2v) is 4.94. The minimum absolute atomic E-state index is 0.163. The molecular weight excluding hydrogens is 270 g/mol. The zero-order valence-electron chi connectivity index (χ0n) is 12.4. The quantitative estimate of drug-likeness (QED) is 0.759. The van der Waals surface area contributed by atoms with E-state index in [1.165, 1.54) is 7.11 Å². The van der Waals surface area contributed by atoms with E-state index < -0.39 is 0 Å². The van der Waals surface area contributed by atoms with Crippen molar-refractivity contribution in [3.63, 3.8) is 0 Å². The van der Waals surface area contributed by atoms with Crippen molar-refractivity contribution in [3.05, 3.63) is 36.2 Å². The molecule has 2 rings (SSSR count). The van der Waals surface area contributed by atoms with Crippen LogP contribution >= 0.6 is 0 Å². The van der Waals surface area contributed by atoms with Gasteiger partial charge in [0.1, 0.15) is 0 Å². The molecule has 0 saturated heterocycles. The fourth-order valence-electron chi connectivity index (χ4n) is 1.84. The average molecular weight is 289 g/mol. The number of ether oxygens (including phenoxy) is 1. The Hall–Kier alpha value is -2.21. The van der Waals surface area contributed by atoms with Gasteiger partial charge in [0.2, 0.25) is 11.8 Å². The second kappa shape index (κ2) is 6.99. The highest BCUT2D eigenvalue weighted by atomic mass is 16.5. The second-order valence-electron chi connectivity index (χ2n) is 4.94. The van der Waals surface area contributed by atoms with Crippen molar-refractivity contribution >= 4 is 5.97 Å². The molecule has 0 spiro atoms. The minimum Gasteiger partial charge on any atom is -0.468 e. The molecule has 0 fully saturated rings. The molecular formula is C15H19N3O3. The maximum absolute atomic E-state index is 11.4. The molecule has 0 bridgehead atoms. The lowest BCUT2D eigenvalue weighted by Crippen LogP contribution is -2.35. The lowest BCUT2D eigenvalue weighted by atomic mass is 10.2. The number of carbonyl (C=O) groups excluding carboxylic acids is 1. The van der Waals surface area contributed by atoms with Gasteiger partial charge in [-0.1, -0.05) is 18.2 Å². The Morgan fingerprint density at radius 2 is 2.00 bits per heavy atom. The Balaban J connectivity index is 2.08. The van der Waals surface area contributed by atoms with Crippen LogP contribution in [0, 0.1) is 0 Å². The van der Waals surface area contributed by atoms with Gasteiger partial charge >= 0.3 is 5.97 Å². The monoisotopic (exact) mass is 289 g/mol. The van der Waals surface area contributed by atoms with E-state index >= 15 is 0 Å². The first-order chi connectivity index (χ1) is 10.1. The highest BCUT2D eigenvalue weighted by molar-refractivity contribution is 5.71. The molecule has 1 heterocycles. The van der Waals surface area contributed by atoms with Crippen LogP contribution in [0.1, 0.15) is 19.7 Å². The smallest absolute Gasteiger partial charge is 0.319 e. The van der Waals surface area contributed by atoms with Crippen LogP contribution in [0.25, 0.3) is 11.5 Å². The number of aromatic nitrogens is 2. The van der Waals surface area contributed by atoms with Crippen LogP contribution in [-0.4, -0.2) is 40.8 Å². The first-order valence-corrected chi connectivity index (χ1v) is 6.79. The summed E-state index contributed by atoms with van der Waals surface area (Å²) < 4.78 is 10.3. The van der Waals surface area contributed by atoms with Gasteiger partial charge in [-0.05, 0) is 26.0 Å². The van der Waals surface area contributed by atoms with Crippen molar-refractivity contribution in [2.75, 3.05) is 13.7 Å². The third kappa shape index (κ3) is 4.13. The molecule has 0 atom stereocenters. The van der Waals surface area contributed by atoms with Gasteiger partial charge in [-0.2, -0.15) is 0 Å². The number of methoxy groups -OCH3 is 1. The number of hydrogen-bond donors (Lipinski definition) is 0. The molecule has 0 N–H and O–H groups in total. The molecule has 6 nitrogen and oxygen atoms in total. The molecule has 0 aliphatic heterocycles. The first-order valence-electron chi connectivity index (χ1n) is 6.79. The zero-order chi connectivity index (χ0) is 15.2. The third-order valence-corrected chi connectivity index (χ3v) is 3.12. The summed E-state index contributed by atoms with van der Waals surface area (Å²) in [6.07, 6.45) is 0. The first kappa shape index (κ1) is 15.2. The summed E-state index contributed by atoms with van der Waals surface area (Å²) in [5.41, 5.74) is 0.875. The Bertz CT molecular complexity index is 581. The van der Waals surface area contributed by atoms with E-state index in [-0.39, 0.29) is 18.6 Å². The highest BCUT2D eigenvalue weighted by Crippen LogP contribution is 2.18. The van der Waals surface area contributed by atoms with E-state index in [1.807, 2.05) is 49.1 Å². The fraction of sp³-hybridized carbons (Fsp3) is 0.400. The maximum Gasteiger partial charge on any atom is 0.319 e. The standard InChI is InChI=1S/C15H19N3O3/c1-11(2)18(10-14(19)20-3)9-13-16-17-15(21-13)12-7-5-4-6-8-12/h4-8,11H,9-10H2,1-3H3. The van der Waals surface area contributed by atoms with Gasteiger partial charge in [0.05, 0.1) is 20.2 Å². The SMILES string of the molecule is COC(=O)CN(Cc1nnc(-c2ccccc2)o1)C(C)C. The molecule has 0 amide bonds. The van der Waals surface area contributed by atoms with E-state index in [1.54, 1.807) is 0 Å². The predicted molar refractivity (Wildman–Crippen MR) is 77.3 cm³/mol. The maximum atomic E-state index is 11.4. The van der Waals surface area contributed by atoms with Gasteiger partial charge in [-0.15, -0.1) is 10.2 Å². The van der Waals surface area contributed by atoms with Crippen molar-refractivity contribution < 1.29 is 13.9 Å². The molecule has 0 unspecified atom stereocenters. The van der Waals surface area contributed by atoms with Crippen molar-refractivity contribution in [1.82, 2.24) is 15.1 Å². The Labute approximate surface area is 123 Å². The minimum atomic E-state index is -0.286. The third-order valence-electron chi connectivity index (χ3n) is 3.12. The van der Waals surface area contributed by atoms with E-state index in [9.17, 15) is 4.79 Å². The van der Waals surface area contributed by atoms with Crippen LogP contribution in [0.15, 0.2) is 34.7 Å². The summed E-state index contributed by atoms with van der Waals surface area (Å²) in [4.78, 5) is 13.3. The van der Waals surface area contributed by atoms with Crippen molar-refractivity contribution in [2.24, 2.45) is 0 Å². The van der Waals surface area contributed by atoms with Crippen LogP contribution in [0.3, 0.4) is 0 Å². The summed E-state index contributed by atoms with van der Waals surface area (Å²) in [6, 6.07) is 9.74. The van der Waals surface area contributed by atoms with E-state index in [0.29, 0.717) is 18.3 Å². The average Bonchev–Trinajstić information content (AvgIpc) is 2.95. The van der Waals surface area contributed by atoms with Crippen LogP contribution in [0.2, 0.25) is 0 Å². The molecule has 0 saturated carbocycles. The molecule has 1 aromatic heterocycles. The van der Waals surface area contributed by atoms with Gasteiger partial charge < -0.3 is 9.15 Å².